The number of carbonyl (C=O) groups is 1. The predicted molar refractivity (Wildman–Crippen MR) is 107 cm³/mol. The molecule has 0 radical (unpaired) electrons. The van der Waals surface area contributed by atoms with Crippen molar-refractivity contribution >= 4 is 45.6 Å². The fraction of sp³-hybridized carbons (Fsp3) is 0.389. The van der Waals surface area contributed by atoms with Crippen molar-refractivity contribution in [1.82, 2.24) is 19.5 Å². The standard InChI is InChI=1S/C18H19ClN4OS2/c1-12-6-8-22(9-7-12)16(24)11-26-18-21-20-17-23(18)15(10-25-17)13-2-4-14(19)5-3-13/h2-5,10,12H,6-9,11H2,1H3. The van der Waals surface area contributed by atoms with Gasteiger partial charge >= 0.3 is 0 Å². The second-order valence-corrected chi connectivity index (χ2v) is 8.80. The van der Waals surface area contributed by atoms with Crippen LogP contribution in [0, 0.1) is 5.92 Å². The lowest BCUT2D eigenvalue weighted by atomic mass is 9.99. The summed E-state index contributed by atoms with van der Waals surface area (Å²) in [7, 11) is 0. The van der Waals surface area contributed by atoms with Gasteiger partial charge in [0.05, 0.1) is 11.4 Å². The molecule has 8 heteroatoms. The van der Waals surface area contributed by atoms with Crippen molar-refractivity contribution in [1.29, 1.82) is 0 Å². The van der Waals surface area contributed by atoms with Crippen LogP contribution in [-0.2, 0) is 4.79 Å². The van der Waals surface area contributed by atoms with Crippen LogP contribution < -0.4 is 0 Å². The van der Waals surface area contributed by atoms with Crippen molar-refractivity contribution < 1.29 is 4.79 Å². The highest BCUT2D eigenvalue weighted by Gasteiger charge is 2.21. The number of nitrogens with zero attached hydrogens (tertiary/aromatic N) is 4. The maximum Gasteiger partial charge on any atom is 0.233 e. The number of aromatic nitrogens is 3. The van der Waals surface area contributed by atoms with Crippen LogP contribution >= 0.6 is 34.7 Å². The van der Waals surface area contributed by atoms with Crippen LogP contribution in [-0.4, -0.2) is 44.2 Å². The number of hydrogen-bond donors (Lipinski definition) is 0. The predicted octanol–water partition coefficient (Wildman–Crippen LogP) is 4.46. The molecule has 0 unspecified atom stereocenters. The molecule has 1 aliphatic rings. The molecule has 1 aliphatic heterocycles. The lowest BCUT2D eigenvalue weighted by Crippen LogP contribution is -2.38. The summed E-state index contributed by atoms with van der Waals surface area (Å²) < 4.78 is 2.02. The highest BCUT2D eigenvalue weighted by atomic mass is 35.5. The maximum absolute atomic E-state index is 12.5. The zero-order valence-corrected chi connectivity index (χ0v) is 16.8. The van der Waals surface area contributed by atoms with Gasteiger partial charge in [-0.2, -0.15) is 0 Å². The monoisotopic (exact) mass is 406 g/mol. The number of carbonyl (C=O) groups excluding carboxylic acids is 1. The van der Waals surface area contributed by atoms with E-state index in [2.05, 4.69) is 22.5 Å². The van der Waals surface area contributed by atoms with Gasteiger partial charge in [-0.05, 0) is 36.5 Å². The third-order valence-electron chi connectivity index (χ3n) is 4.72. The number of thiazole rings is 1. The van der Waals surface area contributed by atoms with Gasteiger partial charge in [-0.3, -0.25) is 9.20 Å². The van der Waals surface area contributed by atoms with E-state index in [4.69, 9.17) is 11.6 Å². The second-order valence-electron chi connectivity index (χ2n) is 6.58. The maximum atomic E-state index is 12.5. The van der Waals surface area contributed by atoms with Gasteiger partial charge in [-0.15, -0.1) is 21.5 Å². The van der Waals surface area contributed by atoms with E-state index in [0.29, 0.717) is 10.8 Å². The first kappa shape index (κ1) is 17.8. The summed E-state index contributed by atoms with van der Waals surface area (Å²) in [4.78, 5) is 15.3. The van der Waals surface area contributed by atoms with Gasteiger partial charge in [0.15, 0.2) is 5.16 Å². The van der Waals surface area contributed by atoms with Crippen molar-refractivity contribution in [2.75, 3.05) is 18.8 Å². The highest BCUT2D eigenvalue weighted by Crippen LogP contribution is 2.30. The van der Waals surface area contributed by atoms with Gasteiger partial charge in [-0.25, -0.2) is 0 Å². The molecule has 0 aliphatic carbocycles. The first-order valence-corrected chi connectivity index (χ1v) is 10.9. The molecule has 1 amide bonds. The van der Waals surface area contributed by atoms with Crippen LogP contribution in [0.1, 0.15) is 19.8 Å². The topological polar surface area (TPSA) is 50.5 Å². The third-order valence-corrected chi connectivity index (χ3v) is 6.70. The van der Waals surface area contributed by atoms with Crippen LogP contribution in [0.5, 0.6) is 0 Å². The summed E-state index contributed by atoms with van der Waals surface area (Å²) in [6.45, 7) is 3.98. The Morgan fingerprint density at radius 1 is 1.27 bits per heavy atom. The number of thioether (sulfide) groups is 1. The van der Waals surface area contributed by atoms with E-state index in [1.54, 1.807) is 11.3 Å². The molecule has 1 saturated heterocycles. The fourth-order valence-electron chi connectivity index (χ4n) is 3.09. The first-order chi connectivity index (χ1) is 12.6. The van der Waals surface area contributed by atoms with E-state index in [1.807, 2.05) is 33.6 Å². The van der Waals surface area contributed by atoms with Crippen molar-refractivity contribution in [2.24, 2.45) is 5.92 Å². The average Bonchev–Trinajstić information content (AvgIpc) is 3.23. The molecule has 5 nitrogen and oxygen atoms in total. The Morgan fingerprint density at radius 3 is 2.73 bits per heavy atom. The van der Waals surface area contributed by atoms with E-state index in [-0.39, 0.29) is 5.91 Å². The SMILES string of the molecule is CC1CCN(C(=O)CSc2nnc3scc(-c4ccc(Cl)cc4)n23)CC1. The molecular formula is C18H19ClN4OS2. The Labute approximate surface area is 165 Å². The molecule has 0 bridgehead atoms. The molecule has 0 spiro atoms. The van der Waals surface area contributed by atoms with Crippen LogP contribution in [0.25, 0.3) is 16.2 Å². The number of likely N-dealkylation sites (tertiary alicyclic amines) is 1. The average molecular weight is 407 g/mol. The molecule has 1 fully saturated rings. The van der Waals surface area contributed by atoms with Gasteiger partial charge in [0.1, 0.15) is 0 Å². The molecule has 1 aromatic carbocycles. The molecule has 136 valence electrons. The number of amides is 1. The Balaban J connectivity index is 1.51. The molecule has 4 rings (SSSR count). The van der Waals surface area contributed by atoms with Crippen LogP contribution in [0.2, 0.25) is 5.02 Å². The van der Waals surface area contributed by atoms with Gasteiger partial charge < -0.3 is 4.90 Å². The first-order valence-electron chi connectivity index (χ1n) is 8.61. The minimum Gasteiger partial charge on any atom is -0.342 e. The normalized spacial score (nSPS) is 15.7. The van der Waals surface area contributed by atoms with E-state index < -0.39 is 0 Å². The Bertz CT molecular complexity index is 913. The van der Waals surface area contributed by atoms with E-state index >= 15 is 0 Å². The van der Waals surface area contributed by atoms with E-state index in [0.717, 1.165) is 53.2 Å². The smallest absolute Gasteiger partial charge is 0.233 e. The molecule has 3 aromatic rings. The molecule has 2 aromatic heterocycles. The highest BCUT2D eigenvalue weighted by molar-refractivity contribution is 7.99. The van der Waals surface area contributed by atoms with Crippen LogP contribution in [0.3, 0.4) is 0 Å². The number of fused-ring (bicyclic) bond motifs is 1. The number of hydrogen-bond acceptors (Lipinski definition) is 5. The molecular weight excluding hydrogens is 388 g/mol. The lowest BCUT2D eigenvalue weighted by Gasteiger charge is -2.30. The van der Waals surface area contributed by atoms with Crippen molar-refractivity contribution in [3.63, 3.8) is 0 Å². The molecule has 3 heterocycles. The number of piperidine rings is 1. The summed E-state index contributed by atoms with van der Waals surface area (Å²) >= 11 is 8.99. The lowest BCUT2D eigenvalue weighted by molar-refractivity contribution is -0.129. The Hall–Kier alpha value is -1.57. The molecule has 26 heavy (non-hydrogen) atoms. The largest absolute Gasteiger partial charge is 0.342 e. The number of halogens is 1. The van der Waals surface area contributed by atoms with Gasteiger partial charge in [-0.1, -0.05) is 42.4 Å². The van der Waals surface area contributed by atoms with E-state index in [1.165, 1.54) is 11.8 Å². The zero-order valence-electron chi connectivity index (χ0n) is 14.4. The van der Waals surface area contributed by atoms with Gasteiger partial charge in [0.2, 0.25) is 10.9 Å². The Morgan fingerprint density at radius 2 is 2.00 bits per heavy atom. The fourth-order valence-corrected chi connectivity index (χ4v) is 4.96. The minimum absolute atomic E-state index is 0.182. The number of rotatable bonds is 4. The van der Waals surface area contributed by atoms with Crippen LogP contribution in [0.4, 0.5) is 0 Å². The summed E-state index contributed by atoms with van der Waals surface area (Å²) in [5.41, 5.74) is 2.08. The molecule has 0 saturated carbocycles. The van der Waals surface area contributed by atoms with E-state index in [9.17, 15) is 4.79 Å². The van der Waals surface area contributed by atoms with Crippen molar-refractivity contribution in [2.45, 2.75) is 24.9 Å². The summed E-state index contributed by atoms with van der Waals surface area (Å²) in [5.74, 6) is 1.29. The Kier molecular flexibility index (Phi) is 5.20. The molecule has 0 atom stereocenters. The van der Waals surface area contributed by atoms with Crippen molar-refractivity contribution in [3.05, 3.63) is 34.7 Å². The van der Waals surface area contributed by atoms with Gasteiger partial charge in [0, 0.05) is 23.5 Å². The second kappa shape index (κ2) is 7.58. The summed E-state index contributed by atoms with van der Waals surface area (Å²) in [6, 6.07) is 7.72. The summed E-state index contributed by atoms with van der Waals surface area (Å²) in [5, 5.41) is 12.0. The zero-order chi connectivity index (χ0) is 18.1. The minimum atomic E-state index is 0.182. The summed E-state index contributed by atoms with van der Waals surface area (Å²) in [6.07, 6.45) is 2.19. The third kappa shape index (κ3) is 3.61. The van der Waals surface area contributed by atoms with Gasteiger partial charge in [0.25, 0.3) is 0 Å². The van der Waals surface area contributed by atoms with Crippen LogP contribution in [0.15, 0.2) is 34.8 Å². The quantitative estimate of drug-likeness (QED) is 0.600. The number of benzene rings is 1. The molecule has 0 N–H and O–H groups in total. The van der Waals surface area contributed by atoms with Crippen molar-refractivity contribution in [3.8, 4) is 11.3 Å².